The highest BCUT2D eigenvalue weighted by molar-refractivity contribution is 5.48. The Morgan fingerprint density at radius 1 is 1.26 bits per heavy atom. The van der Waals surface area contributed by atoms with Gasteiger partial charge in [0.2, 0.25) is 0 Å². The fraction of sp³-hybridized carbons (Fsp3) is 0.647. The van der Waals surface area contributed by atoms with Crippen LogP contribution in [0.3, 0.4) is 0 Å². The van der Waals surface area contributed by atoms with E-state index in [1.807, 2.05) is 0 Å². The Balaban J connectivity index is 1.97. The molecule has 0 saturated carbocycles. The number of piperazine rings is 1. The zero-order chi connectivity index (χ0) is 13.7. The molecule has 1 aromatic carbocycles. The lowest BCUT2D eigenvalue weighted by atomic mass is 10.0. The minimum Gasteiger partial charge on any atom is -0.369 e. The first-order valence-corrected chi connectivity index (χ1v) is 7.78. The molecule has 1 fully saturated rings. The quantitative estimate of drug-likeness (QED) is 0.872. The van der Waals surface area contributed by atoms with Gasteiger partial charge in [-0.1, -0.05) is 39.3 Å². The van der Waals surface area contributed by atoms with Gasteiger partial charge >= 0.3 is 0 Å². The van der Waals surface area contributed by atoms with E-state index in [-0.39, 0.29) is 0 Å². The average molecular weight is 260 g/mol. The van der Waals surface area contributed by atoms with E-state index in [9.17, 15) is 0 Å². The lowest BCUT2D eigenvalue weighted by molar-refractivity contribution is 0.368. The smallest absolute Gasteiger partial charge is 0.0367 e. The molecule has 0 amide bonds. The molecule has 0 radical (unpaired) electrons. The van der Waals surface area contributed by atoms with Crippen molar-refractivity contribution in [3.8, 4) is 0 Å². The highest BCUT2D eigenvalue weighted by Gasteiger charge is 2.21. The molecule has 1 N–H and O–H groups in total. The summed E-state index contributed by atoms with van der Waals surface area (Å²) in [6.07, 6.45) is 3.78. The van der Waals surface area contributed by atoms with Crippen molar-refractivity contribution in [3.63, 3.8) is 0 Å². The average Bonchev–Trinajstić information content (AvgIpc) is 2.46. The van der Waals surface area contributed by atoms with Crippen LogP contribution in [-0.4, -0.2) is 25.7 Å². The van der Waals surface area contributed by atoms with Crippen molar-refractivity contribution in [3.05, 3.63) is 29.8 Å². The maximum atomic E-state index is 3.62. The first kappa shape index (κ1) is 14.4. The van der Waals surface area contributed by atoms with Gasteiger partial charge in [0.25, 0.3) is 0 Å². The third kappa shape index (κ3) is 3.97. The Labute approximate surface area is 118 Å². The number of anilines is 1. The van der Waals surface area contributed by atoms with Crippen molar-refractivity contribution >= 4 is 5.69 Å². The molecule has 1 heterocycles. The Kier molecular flexibility index (Phi) is 5.26. The maximum absolute atomic E-state index is 3.62. The number of nitrogens with one attached hydrogen (secondary N) is 1. The molecule has 1 unspecified atom stereocenters. The van der Waals surface area contributed by atoms with Gasteiger partial charge in [-0.15, -0.1) is 0 Å². The fourth-order valence-corrected chi connectivity index (χ4v) is 2.71. The van der Waals surface area contributed by atoms with Gasteiger partial charge in [-0.25, -0.2) is 0 Å². The summed E-state index contributed by atoms with van der Waals surface area (Å²) >= 11 is 0. The van der Waals surface area contributed by atoms with Gasteiger partial charge in [0, 0.05) is 31.4 Å². The molecule has 1 atom stereocenters. The third-order valence-electron chi connectivity index (χ3n) is 4.13. The second-order valence-electron chi connectivity index (χ2n) is 6.02. The highest BCUT2D eigenvalue weighted by Crippen LogP contribution is 2.19. The Morgan fingerprint density at radius 2 is 2.00 bits per heavy atom. The largest absolute Gasteiger partial charge is 0.369 e. The van der Waals surface area contributed by atoms with Crippen molar-refractivity contribution in [2.45, 2.75) is 46.1 Å². The lowest BCUT2D eigenvalue weighted by Crippen LogP contribution is -2.52. The molecule has 106 valence electrons. The first-order valence-electron chi connectivity index (χ1n) is 7.78. The first-order chi connectivity index (χ1) is 9.20. The molecule has 0 aromatic heterocycles. The number of hydrogen-bond donors (Lipinski definition) is 1. The van der Waals surface area contributed by atoms with Gasteiger partial charge in [0.05, 0.1) is 0 Å². The predicted molar refractivity (Wildman–Crippen MR) is 83.9 cm³/mol. The van der Waals surface area contributed by atoms with Crippen LogP contribution in [0.25, 0.3) is 0 Å². The fourth-order valence-electron chi connectivity index (χ4n) is 2.71. The van der Waals surface area contributed by atoms with Crippen molar-refractivity contribution in [1.82, 2.24) is 5.32 Å². The molecule has 1 aliphatic heterocycles. The van der Waals surface area contributed by atoms with Gasteiger partial charge in [-0.05, 0) is 36.5 Å². The normalized spacial score (nSPS) is 20.0. The van der Waals surface area contributed by atoms with Crippen LogP contribution in [0.2, 0.25) is 0 Å². The standard InChI is InChI=1S/C17H28N2/c1-4-5-6-15-7-9-16(10-8-15)19-12-11-18-17(13-19)14(2)3/h7-10,14,17-18H,4-6,11-13H2,1-3H3. The van der Waals surface area contributed by atoms with Crippen molar-refractivity contribution in [2.75, 3.05) is 24.5 Å². The topological polar surface area (TPSA) is 15.3 Å². The number of aryl methyl sites for hydroxylation is 1. The van der Waals surface area contributed by atoms with Gasteiger partial charge in [0.15, 0.2) is 0 Å². The number of nitrogens with zero attached hydrogens (tertiary/aromatic N) is 1. The van der Waals surface area contributed by atoms with E-state index in [1.54, 1.807) is 0 Å². The molecule has 0 spiro atoms. The number of hydrogen-bond acceptors (Lipinski definition) is 2. The minimum atomic E-state index is 0.619. The molecule has 19 heavy (non-hydrogen) atoms. The molecule has 2 nitrogen and oxygen atoms in total. The minimum absolute atomic E-state index is 0.619. The van der Waals surface area contributed by atoms with Crippen LogP contribution in [0.5, 0.6) is 0 Å². The third-order valence-corrected chi connectivity index (χ3v) is 4.13. The van der Waals surface area contributed by atoms with Crippen LogP contribution >= 0.6 is 0 Å². The monoisotopic (exact) mass is 260 g/mol. The van der Waals surface area contributed by atoms with Crippen molar-refractivity contribution < 1.29 is 0 Å². The molecule has 1 aromatic rings. The van der Waals surface area contributed by atoms with E-state index < -0.39 is 0 Å². The number of unbranched alkanes of at least 4 members (excludes halogenated alkanes) is 1. The summed E-state index contributed by atoms with van der Waals surface area (Å²) < 4.78 is 0. The van der Waals surface area contributed by atoms with Gasteiger partial charge in [0.1, 0.15) is 0 Å². The Bertz CT molecular complexity index is 369. The Morgan fingerprint density at radius 3 is 2.63 bits per heavy atom. The highest BCUT2D eigenvalue weighted by atomic mass is 15.2. The van der Waals surface area contributed by atoms with Crippen LogP contribution in [0.4, 0.5) is 5.69 Å². The summed E-state index contributed by atoms with van der Waals surface area (Å²) in [5.41, 5.74) is 2.86. The van der Waals surface area contributed by atoms with E-state index in [4.69, 9.17) is 0 Å². The second-order valence-corrected chi connectivity index (χ2v) is 6.02. The van der Waals surface area contributed by atoms with Gasteiger partial charge < -0.3 is 10.2 Å². The van der Waals surface area contributed by atoms with Crippen LogP contribution in [-0.2, 0) is 6.42 Å². The summed E-state index contributed by atoms with van der Waals surface area (Å²) in [7, 11) is 0. The van der Waals surface area contributed by atoms with Crippen molar-refractivity contribution in [1.29, 1.82) is 0 Å². The summed E-state index contributed by atoms with van der Waals surface area (Å²) in [6, 6.07) is 9.82. The van der Waals surface area contributed by atoms with Crippen LogP contribution in [0.15, 0.2) is 24.3 Å². The van der Waals surface area contributed by atoms with E-state index in [0.29, 0.717) is 12.0 Å². The van der Waals surface area contributed by atoms with E-state index >= 15 is 0 Å². The number of benzene rings is 1. The molecular formula is C17H28N2. The molecule has 0 aliphatic carbocycles. The Hall–Kier alpha value is -1.02. The lowest BCUT2D eigenvalue weighted by Gasteiger charge is -2.37. The molecule has 2 rings (SSSR count). The summed E-state index contributed by atoms with van der Waals surface area (Å²) in [5.74, 6) is 0.701. The van der Waals surface area contributed by atoms with E-state index in [1.165, 1.54) is 30.5 Å². The molecule has 1 saturated heterocycles. The van der Waals surface area contributed by atoms with Crippen LogP contribution in [0, 0.1) is 5.92 Å². The zero-order valence-electron chi connectivity index (χ0n) is 12.7. The van der Waals surface area contributed by atoms with E-state index in [2.05, 4.69) is 55.3 Å². The predicted octanol–water partition coefficient (Wildman–Crippen LogP) is 3.46. The van der Waals surface area contributed by atoms with Crippen molar-refractivity contribution in [2.24, 2.45) is 5.92 Å². The van der Waals surface area contributed by atoms with E-state index in [0.717, 1.165) is 19.6 Å². The molecular weight excluding hydrogens is 232 g/mol. The summed E-state index contributed by atoms with van der Waals surface area (Å²) in [5, 5.41) is 3.62. The summed E-state index contributed by atoms with van der Waals surface area (Å²) in [4.78, 5) is 2.52. The SMILES string of the molecule is CCCCc1ccc(N2CCNC(C(C)C)C2)cc1. The molecule has 2 heteroatoms. The number of rotatable bonds is 5. The van der Waals surface area contributed by atoms with Crippen LogP contribution in [0.1, 0.15) is 39.2 Å². The second kappa shape index (κ2) is 6.95. The molecule has 0 bridgehead atoms. The molecule has 1 aliphatic rings. The van der Waals surface area contributed by atoms with Gasteiger partial charge in [-0.3, -0.25) is 0 Å². The maximum Gasteiger partial charge on any atom is 0.0367 e. The van der Waals surface area contributed by atoms with Crippen LogP contribution < -0.4 is 10.2 Å². The zero-order valence-corrected chi connectivity index (χ0v) is 12.7. The summed E-state index contributed by atoms with van der Waals surface area (Å²) in [6.45, 7) is 10.2. The van der Waals surface area contributed by atoms with Gasteiger partial charge in [-0.2, -0.15) is 0 Å².